The molecule has 1 fully saturated rings. The minimum absolute atomic E-state index is 0.203. The van der Waals surface area contributed by atoms with Gasteiger partial charge in [0.05, 0.1) is 0 Å². The smallest absolute Gasteiger partial charge is 0.165 e. The van der Waals surface area contributed by atoms with Crippen LogP contribution in [0.2, 0.25) is 0 Å². The van der Waals surface area contributed by atoms with E-state index in [9.17, 15) is 9.50 Å². The van der Waals surface area contributed by atoms with Crippen molar-refractivity contribution in [3.8, 4) is 5.75 Å². The summed E-state index contributed by atoms with van der Waals surface area (Å²) in [6, 6.07) is 4.72. The van der Waals surface area contributed by atoms with Gasteiger partial charge in [0, 0.05) is 18.7 Å². The van der Waals surface area contributed by atoms with E-state index < -0.39 is 5.82 Å². The van der Waals surface area contributed by atoms with Crippen LogP contribution in [0.5, 0.6) is 5.75 Å². The molecule has 0 amide bonds. The van der Waals surface area contributed by atoms with Crippen molar-refractivity contribution >= 4 is 0 Å². The van der Waals surface area contributed by atoms with Gasteiger partial charge in [0.1, 0.15) is 0 Å². The van der Waals surface area contributed by atoms with Gasteiger partial charge in [0.25, 0.3) is 0 Å². The van der Waals surface area contributed by atoms with Crippen molar-refractivity contribution in [3.63, 3.8) is 0 Å². The van der Waals surface area contributed by atoms with E-state index in [4.69, 9.17) is 0 Å². The Morgan fingerprint density at radius 1 is 1.35 bits per heavy atom. The largest absolute Gasteiger partial charge is 0.505 e. The highest BCUT2D eigenvalue weighted by molar-refractivity contribution is 5.33. The maximum Gasteiger partial charge on any atom is 0.165 e. The van der Waals surface area contributed by atoms with Crippen LogP contribution >= 0.6 is 0 Å². The molecule has 0 radical (unpaired) electrons. The van der Waals surface area contributed by atoms with E-state index >= 15 is 0 Å². The van der Waals surface area contributed by atoms with Crippen molar-refractivity contribution in [2.45, 2.75) is 32.2 Å². The van der Waals surface area contributed by atoms with Crippen molar-refractivity contribution in [1.82, 2.24) is 4.90 Å². The van der Waals surface area contributed by atoms with E-state index in [0.29, 0.717) is 12.1 Å². The van der Waals surface area contributed by atoms with Crippen molar-refractivity contribution < 1.29 is 9.50 Å². The molecular formula is C14H20FNO. The number of halogens is 1. The summed E-state index contributed by atoms with van der Waals surface area (Å²) in [5.74, 6) is 0.0400. The van der Waals surface area contributed by atoms with Gasteiger partial charge in [-0.2, -0.15) is 0 Å². The SMILES string of the molecule is CN(Cc1cccc(F)c1O)CC1CCCC1. The maximum absolute atomic E-state index is 13.2. The number of phenols is 1. The van der Waals surface area contributed by atoms with Crippen LogP contribution in [-0.2, 0) is 6.54 Å². The predicted molar refractivity (Wildman–Crippen MR) is 66.4 cm³/mol. The Morgan fingerprint density at radius 3 is 2.76 bits per heavy atom. The van der Waals surface area contributed by atoms with Crippen LogP contribution in [0.3, 0.4) is 0 Å². The molecule has 2 nitrogen and oxygen atoms in total. The second-order valence-corrected chi connectivity index (χ2v) is 5.09. The van der Waals surface area contributed by atoms with Gasteiger partial charge in [-0.15, -0.1) is 0 Å². The van der Waals surface area contributed by atoms with Gasteiger partial charge < -0.3 is 10.0 Å². The van der Waals surface area contributed by atoms with Crippen molar-refractivity contribution in [2.75, 3.05) is 13.6 Å². The van der Waals surface area contributed by atoms with E-state index in [1.807, 2.05) is 7.05 Å². The zero-order chi connectivity index (χ0) is 12.3. The van der Waals surface area contributed by atoms with Crippen LogP contribution in [-0.4, -0.2) is 23.6 Å². The monoisotopic (exact) mass is 237 g/mol. The third-order valence-corrected chi connectivity index (χ3v) is 3.56. The second-order valence-electron chi connectivity index (χ2n) is 5.09. The number of nitrogens with zero attached hydrogens (tertiary/aromatic N) is 1. The van der Waals surface area contributed by atoms with E-state index in [-0.39, 0.29) is 5.75 Å². The number of aromatic hydroxyl groups is 1. The molecule has 2 rings (SSSR count). The molecule has 94 valence electrons. The quantitative estimate of drug-likeness (QED) is 0.869. The summed E-state index contributed by atoms with van der Waals surface area (Å²) in [5, 5.41) is 9.61. The summed E-state index contributed by atoms with van der Waals surface area (Å²) in [5.41, 5.74) is 0.672. The van der Waals surface area contributed by atoms with Gasteiger partial charge in [0.15, 0.2) is 11.6 Å². The van der Waals surface area contributed by atoms with Gasteiger partial charge in [-0.1, -0.05) is 25.0 Å². The molecule has 0 saturated heterocycles. The molecular weight excluding hydrogens is 217 g/mol. The van der Waals surface area contributed by atoms with Gasteiger partial charge in [0.2, 0.25) is 0 Å². The summed E-state index contributed by atoms with van der Waals surface area (Å²) in [6.07, 6.45) is 5.28. The maximum atomic E-state index is 13.2. The number of para-hydroxylation sites is 1. The van der Waals surface area contributed by atoms with Crippen LogP contribution in [0.25, 0.3) is 0 Å². The Kier molecular flexibility index (Phi) is 4.00. The van der Waals surface area contributed by atoms with E-state index in [2.05, 4.69) is 4.90 Å². The lowest BCUT2D eigenvalue weighted by molar-refractivity contribution is 0.266. The molecule has 0 aromatic heterocycles. The molecule has 1 aromatic carbocycles. The summed E-state index contributed by atoms with van der Waals surface area (Å²) >= 11 is 0. The van der Waals surface area contributed by atoms with Crippen LogP contribution in [0, 0.1) is 11.7 Å². The van der Waals surface area contributed by atoms with Crippen LogP contribution in [0.4, 0.5) is 4.39 Å². The second kappa shape index (κ2) is 5.50. The average Bonchev–Trinajstić information content (AvgIpc) is 2.77. The van der Waals surface area contributed by atoms with Crippen LogP contribution in [0.1, 0.15) is 31.2 Å². The molecule has 0 aliphatic heterocycles. The molecule has 1 aromatic rings. The molecule has 1 saturated carbocycles. The van der Waals surface area contributed by atoms with Crippen molar-refractivity contribution in [2.24, 2.45) is 5.92 Å². The Balaban J connectivity index is 1.93. The fraction of sp³-hybridized carbons (Fsp3) is 0.571. The molecule has 1 N–H and O–H groups in total. The van der Waals surface area contributed by atoms with Crippen molar-refractivity contribution in [1.29, 1.82) is 0 Å². The van der Waals surface area contributed by atoms with Gasteiger partial charge in [-0.05, 0) is 31.9 Å². The molecule has 0 unspecified atom stereocenters. The number of phenolic OH excluding ortho intramolecular Hbond substituents is 1. The molecule has 1 aliphatic carbocycles. The summed E-state index contributed by atoms with van der Waals surface area (Å²) in [6.45, 7) is 1.65. The summed E-state index contributed by atoms with van der Waals surface area (Å²) in [4.78, 5) is 2.17. The normalized spacial score (nSPS) is 16.9. The van der Waals surface area contributed by atoms with Crippen LogP contribution < -0.4 is 0 Å². The lowest BCUT2D eigenvalue weighted by Crippen LogP contribution is -2.24. The number of hydrogen-bond acceptors (Lipinski definition) is 2. The van der Waals surface area contributed by atoms with Crippen LogP contribution in [0.15, 0.2) is 18.2 Å². The fourth-order valence-corrected chi connectivity index (χ4v) is 2.68. The molecule has 17 heavy (non-hydrogen) atoms. The zero-order valence-electron chi connectivity index (χ0n) is 10.3. The fourth-order valence-electron chi connectivity index (χ4n) is 2.68. The Hall–Kier alpha value is -1.09. The van der Waals surface area contributed by atoms with E-state index in [1.165, 1.54) is 31.7 Å². The zero-order valence-corrected chi connectivity index (χ0v) is 10.3. The first kappa shape index (κ1) is 12.4. The Bertz CT molecular complexity index is 374. The van der Waals surface area contributed by atoms with Gasteiger partial charge in [-0.25, -0.2) is 4.39 Å². The van der Waals surface area contributed by atoms with E-state index in [1.54, 1.807) is 12.1 Å². The number of rotatable bonds is 4. The highest BCUT2D eigenvalue weighted by atomic mass is 19.1. The highest BCUT2D eigenvalue weighted by Gasteiger charge is 2.17. The molecule has 0 spiro atoms. The van der Waals surface area contributed by atoms with Gasteiger partial charge >= 0.3 is 0 Å². The van der Waals surface area contributed by atoms with Gasteiger partial charge in [-0.3, -0.25) is 0 Å². The minimum Gasteiger partial charge on any atom is -0.505 e. The molecule has 0 atom stereocenters. The molecule has 0 bridgehead atoms. The first-order valence-corrected chi connectivity index (χ1v) is 6.31. The lowest BCUT2D eigenvalue weighted by Gasteiger charge is -2.21. The van der Waals surface area contributed by atoms with Crippen molar-refractivity contribution in [3.05, 3.63) is 29.6 Å². The third-order valence-electron chi connectivity index (χ3n) is 3.56. The first-order chi connectivity index (χ1) is 8.16. The molecule has 0 heterocycles. The highest BCUT2D eigenvalue weighted by Crippen LogP contribution is 2.27. The summed E-state index contributed by atoms with van der Waals surface area (Å²) < 4.78 is 13.2. The standard InChI is InChI=1S/C14H20FNO/c1-16(9-11-5-2-3-6-11)10-12-7-4-8-13(15)14(12)17/h4,7-8,11,17H,2-3,5-6,9-10H2,1H3. The molecule has 1 aliphatic rings. The predicted octanol–water partition coefficient (Wildman–Crippen LogP) is 3.15. The Morgan fingerprint density at radius 2 is 2.06 bits per heavy atom. The topological polar surface area (TPSA) is 23.5 Å². The molecule has 3 heteroatoms. The Labute approximate surface area is 102 Å². The van der Waals surface area contributed by atoms with E-state index in [0.717, 1.165) is 12.5 Å². The number of benzene rings is 1. The average molecular weight is 237 g/mol. The number of hydrogen-bond donors (Lipinski definition) is 1. The third kappa shape index (κ3) is 3.19. The summed E-state index contributed by atoms with van der Waals surface area (Å²) in [7, 11) is 2.03. The lowest BCUT2D eigenvalue weighted by atomic mass is 10.1. The first-order valence-electron chi connectivity index (χ1n) is 6.31. The minimum atomic E-state index is -0.531.